The first-order valence-corrected chi connectivity index (χ1v) is 6.21. The topological polar surface area (TPSA) is 62.7 Å². The number of nitrogens with zero attached hydrogens (tertiary/aromatic N) is 3. The van der Waals surface area contributed by atoms with Crippen LogP contribution < -0.4 is 0 Å². The zero-order valence-corrected chi connectivity index (χ0v) is 10.7. The first kappa shape index (κ1) is 12.1. The van der Waals surface area contributed by atoms with E-state index in [1.54, 1.807) is 12.4 Å². The van der Waals surface area contributed by atoms with Gasteiger partial charge in [-0.25, -0.2) is 4.98 Å². The van der Waals surface area contributed by atoms with Gasteiger partial charge in [-0.2, -0.15) is 5.26 Å². The Kier molecular flexibility index (Phi) is 3.25. The molecule has 0 bridgehead atoms. The lowest BCUT2D eigenvalue weighted by Crippen LogP contribution is -1.86. The molecule has 0 radical (unpaired) electrons. The van der Waals surface area contributed by atoms with Gasteiger partial charge in [-0.15, -0.1) is 0 Å². The highest BCUT2D eigenvalue weighted by Crippen LogP contribution is 2.29. The molecule has 0 saturated heterocycles. The molecule has 0 saturated carbocycles. The molecule has 0 unspecified atom stereocenters. The Labute approximate surface area is 116 Å². The van der Waals surface area contributed by atoms with Gasteiger partial charge in [0.15, 0.2) is 5.76 Å². The molecule has 0 aliphatic rings. The summed E-state index contributed by atoms with van der Waals surface area (Å²) in [6, 6.07) is 15.5. The van der Waals surface area contributed by atoms with Crippen molar-refractivity contribution in [3.8, 4) is 28.8 Å². The molecule has 4 heteroatoms. The van der Waals surface area contributed by atoms with Gasteiger partial charge >= 0.3 is 0 Å². The van der Waals surface area contributed by atoms with Crippen molar-refractivity contribution >= 4 is 0 Å². The maximum absolute atomic E-state index is 8.92. The lowest BCUT2D eigenvalue weighted by Gasteiger charge is -1.96. The Bertz CT molecular complexity index is 742. The number of pyridine rings is 1. The second-order valence-electron chi connectivity index (χ2n) is 4.24. The SMILES string of the molecule is N#CCc1nc(-c2ccccc2)oc1-c1cccnc1. The Morgan fingerprint density at radius 2 is 1.85 bits per heavy atom. The fourth-order valence-corrected chi connectivity index (χ4v) is 1.97. The average molecular weight is 261 g/mol. The first-order valence-electron chi connectivity index (χ1n) is 6.21. The van der Waals surface area contributed by atoms with Crippen molar-refractivity contribution in [1.82, 2.24) is 9.97 Å². The van der Waals surface area contributed by atoms with Crippen LogP contribution in [-0.2, 0) is 6.42 Å². The molecule has 0 atom stereocenters. The second kappa shape index (κ2) is 5.37. The van der Waals surface area contributed by atoms with Gasteiger partial charge in [0.05, 0.1) is 12.5 Å². The summed E-state index contributed by atoms with van der Waals surface area (Å²) in [7, 11) is 0. The zero-order valence-electron chi connectivity index (χ0n) is 10.7. The zero-order chi connectivity index (χ0) is 13.8. The molecule has 20 heavy (non-hydrogen) atoms. The number of oxazole rings is 1. The number of rotatable bonds is 3. The Hall–Kier alpha value is -2.93. The minimum Gasteiger partial charge on any atom is -0.436 e. The van der Waals surface area contributed by atoms with Crippen LogP contribution in [0.1, 0.15) is 5.69 Å². The highest BCUT2D eigenvalue weighted by atomic mass is 16.4. The van der Waals surface area contributed by atoms with Crippen LogP contribution in [0.3, 0.4) is 0 Å². The van der Waals surface area contributed by atoms with Crippen molar-refractivity contribution in [2.75, 3.05) is 0 Å². The number of hydrogen-bond donors (Lipinski definition) is 0. The summed E-state index contributed by atoms with van der Waals surface area (Å²) in [5.74, 6) is 1.13. The van der Waals surface area contributed by atoms with E-state index in [9.17, 15) is 0 Å². The van der Waals surface area contributed by atoms with Crippen LogP contribution in [0, 0.1) is 11.3 Å². The fraction of sp³-hybridized carbons (Fsp3) is 0.0625. The predicted octanol–water partition coefficient (Wildman–Crippen LogP) is 3.47. The number of aromatic nitrogens is 2. The van der Waals surface area contributed by atoms with Gasteiger partial charge in [0.25, 0.3) is 0 Å². The molecule has 0 N–H and O–H groups in total. The smallest absolute Gasteiger partial charge is 0.227 e. The van der Waals surface area contributed by atoms with Gasteiger partial charge in [0.2, 0.25) is 5.89 Å². The van der Waals surface area contributed by atoms with E-state index in [1.807, 2.05) is 42.5 Å². The molecule has 4 nitrogen and oxygen atoms in total. The third kappa shape index (κ3) is 2.29. The highest BCUT2D eigenvalue weighted by molar-refractivity contribution is 5.63. The normalized spacial score (nSPS) is 10.2. The van der Waals surface area contributed by atoms with Crippen LogP contribution in [0.15, 0.2) is 59.3 Å². The molecule has 0 fully saturated rings. The highest BCUT2D eigenvalue weighted by Gasteiger charge is 2.15. The van der Waals surface area contributed by atoms with Crippen molar-refractivity contribution in [3.63, 3.8) is 0 Å². The van der Waals surface area contributed by atoms with Crippen molar-refractivity contribution in [3.05, 3.63) is 60.6 Å². The quantitative estimate of drug-likeness (QED) is 0.724. The summed E-state index contributed by atoms with van der Waals surface area (Å²) >= 11 is 0. The van der Waals surface area contributed by atoms with E-state index >= 15 is 0 Å². The number of hydrogen-bond acceptors (Lipinski definition) is 4. The largest absolute Gasteiger partial charge is 0.436 e. The molecule has 1 aromatic carbocycles. The standard InChI is InChI=1S/C16H11N3O/c17-9-8-14-15(13-7-4-10-18-11-13)20-16(19-14)12-5-2-1-3-6-12/h1-7,10-11H,8H2. The van der Waals surface area contributed by atoms with Crippen molar-refractivity contribution < 1.29 is 4.42 Å². The maximum Gasteiger partial charge on any atom is 0.227 e. The maximum atomic E-state index is 8.92. The fourth-order valence-electron chi connectivity index (χ4n) is 1.97. The van der Waals surface area contributed by atoms with Gasteiger partial charge in [0.1, 0.15) is 5.69 Å². The second-order valence-corrected chi connectivity index (χ2v) is 4.24. The lowest BCUT2D eigenvalue weighted by molar-refractivity contribution is 0.587. The van der Waals surface area contributed by atoms with E-state index < -0.39 is 0 Å². The molecule has 3 rings (SSSR count). The molecule has 96 valence electrons. The molecule has 0 aliphatic heterocycles. The van der Waals surface area contributed by atoms with Gasteiger partial charge < -0.3 is 4.42 Å². The monoisotopic (exact) mass is 261 g/mol. The van der Waals surface area contributed by atoms with E-state index in [4.69, 9.17) is 9.68 Å². The third-order valence-corrected chi connectivity index (χ3v) is 2.89. The average Bonchev–Trinajstić information content (AvgIpc) is 2.94. The summed E-state index contributed by atoms with van der Waals surface area (Å²) in [4.78, 5) is 8.50. The molecule has 0 aliphatic carbocycles. The van der Waals surface area contributed by atoms with E-state index in [1.165, 1.54) is 0 Å². The van der Waals surface area contributed by atoms with Crippen LogP contribution >= 0.6 is 0 Å². The number of benzene rings is 1. The molecule has 2 aromatic heterocycles. The molecule has 0 spiro atoms. The third-order valence-electron chi connectivity index (χ3n) is 2.89. The minimum absolute atomic E-state index is 0.209. The summed E-state index contributed by atoms with van der Waals surface area (Å²) in [5.41, 5.74) is 2.36. The van der Waals surface area contributed by atoms with Crippen molar-refractivity contribution in [2.24, 2.45) is 0 Å². The molecular formula is C16H11N3O. The Morgan fingerprint density at radius 3 is 2.55 bits per heavy atom. The summed E-state index contributed by atoms with van der Waals surface area (Å²) < 4.78 is 5.84. The van der Waals surface area contributed by atoms with Gasteiger partial charge in [0, 0.05) is 23.5 Å². The van der Waals surface area contributed by atoms with E-state index in [0.29, 0.717) is 17.3 Å². The van der Waals surface area contributed by atoms with Gasteiger partial charge in [-0.3, -0.25) is 4.98 Å². The van der Waals surface area contributed by atoms with Crippen molar-refractivity contribution in [1.29, 1.82) is 5.26 Å². The van der Waals surface area contributed by atoms with Gasteiger partial charge in [-0.1, -0.05) is 18.2 Å². The summed E-state index contributed by atoms with van der Waals surface area (Å²) in [6.45, 7) is 0. The molecular weight excluding hydrogens is 250 g/mol. The molecule has 3 aromatic rings. The van der Waals surface area contributed by atoms with Crippen LogP contribution in [0.2, 0.25) is 0 Å². The molecule has 2 heterocycles. The Morgan fingerprint density at radius 1 is 1.05 bits per heavy atom. The van der Waals surface area contributed by atoms with Crippen molar-refractivity contribution in [2.45, 2.75) is 6.42 Å². The van der Waals surface area contributed by atoms with Crippen LogP contribution in [0.25, 0.3) is 22.8 Å². The van der Waals surface area contributed by atoms with Crippen LogP contribution in [-0.4, -0.2) is 9.97 Å². The minimum atomic E-state index is 0.209. The van der Waals surface area contributed by atoms with Gasteiger partial charge in [-0.05, 0) is 24.3 Å². The van der Waals surface area contributed by atoms with E-state index in [-0.39, 0.29) is 6.42 Å². The first-order chi connectivity index (χ1) is 9.88. The predicted molar refractivity (Wildman–Crippen MR) is 74.5 cm³/mol. The lowest BCUT2D eigenvalue weighted by atomic mass is 10.1. The van der Waals surface area contributed by atoms with Crippen LogP contribution in [0.5, 0.6) is 0 Å². The molecule has 0 amide bonds. The van der Waals surface area contributed by atoms with E-state index in [0.717, 1.165) is 11.1 Å². The number of nitriles is 1. The van der Waals surface area contributed by atoms with E-state index in [2.05, 4.69) is 16.0 Å². The Balaban J connectivity index is 2.11. The van der Waals surface area contributed by atoms with Crippen LogP contribution in [0.4, 0.5) is 0 Å². The summed E-state index contributed by atoms with van der Waals surface area (Å²) in [6.07, 6.45) is 3.61. The summed E-state index contributed by atoms with van der Waals surface area (Å²) in [5, 5.41) is 8.92.